The second kappa shape index (κ2) is 16.7. The number of ether oxygens (including phenoxy) is 1. The monoisotopic (exact) mass is 336 g/mol. The normalized spacial score (nSPS) is 17.2. The SMILES string of the molecule is CC(C)C(CCO)C(=O)[O-].CC(C)C1CCOC1=O.[Na+].[Na+].[OH-]. The number of carbonyl (C=O) groups is 2. The van der Waals surface area contributed by atoms with E-state index in [1.54, 1.807) is 13.8 Å². The summed E-state index contributed by atoms with van der Waals surface area (Å²) in [6.45, 7) is 8.25. The number of aliphatic carboxylic acids is 1. The molecule has 0 amide bonds. The average Bonchev–Trinajstić information content (AvgIpc) is 2.72. The van der Waals surface area contributed by atoms with Crippen LogP contribution in [0, 0.1) is 23.7 Å². The van der Waals surface area contributed by atoms with Crippen LogP contribution in [0.1, 0.15) is 40.5 Å². The molecule has 0 radical (unpaired) electrons. The van der Waals surface area contributed by atoms with Crippen molar-refractivity contribution in [3.8, 4) is 0 Å². The van der Waals surface area contributed by atoms with Crippen LogP contribution >= 0.6 is 0 Å². The van der Waals surface area contributed by atoms with E-state index in [4.69, 9.17) is 9.84 Å². The molecule has 0 spiro atoms. The Bertz CT molecular complexity index is 297. The predicted octanol–water partition coefficient (Wildman–Crippen LogP) is -5.57. The van der Waals surface area contributed by atoms with Gasteiger partial charge in [0.1, 0.15) is 0 Å². The summed E-state index contributed by atoms with van der Waals surface area (Å²) in [4.78, 5) is 21.1. The first kappa shape index (κ1) is 30.7. The molecule has 0 aromatic carbocycles. The maximum Gasteiger partial charge on any atom is 1.00 e. The van der Waals surface area contributed by atoms with Gasteiger partial charge in [-0.2, -0.15) is 0 Å². The van der Waals surface area contributed by atoms with Gasteiger partial charge >= 0.3 is 65.1 Å². The smallest absolute Gasteiger partial charge is 0.870 e. The van der Waals surface area contributed by atoms with Crippen molar-refractivity contribution in [2.75, 3.05) is 13.2 Å². The van der Waals surface area contributed by atoms with Gasteiger partial charge in [0.25, 0.3) is 0 Å². The number of carboxylic acid groups (broad SMARTS) is 1. The van der Waals surface area contributed by atoms with Crippen LogP contribution in [0.25, 0.3) is 0 Å². The molecular formula is C14H26Na2O6. The van der Waals surface area contributed by atoms with Gasteiger partial charge in [-0.25, -0.2) is 0 Å². The summed E-state index contributed by atoms with van der Waals surface area (Å²) in [5, 5.41) is 18.8. The maximum absolute atomic E-state index is 10.8. The number of carboxylic acids is 1. The van der Waals surface area contributed by atoms with Gasteiger partial charge in [0.05, 0.1) is 12.5 Å². The molecule has 1 fully saturated rings. The maximum atomic E-state index is 10.8. The Morgan fingerprint density at radius 2 is 1.82 bits per heavy atom. The van der Waals surface area contributed by atoms with Crippen molar-refractivity contribution < 1.29 is 89.1 Å². The minimum absolute atomic E-state index is 0. The van der Waals surface area contributed by atoms with E-state index in [0.29, 0.717) is 18.9 Å². The Labute approximate surface area is 177 Å². The zero-order valence-corrected chi connectivity index (χ0v) is 18.7. The molecule has 6 nitrogen and oxygen atoms in total. The topological polar surface area (TPSA) is 117 Å². The van der Waals surface area contributed by atoms with Crippen molar-refractivity contribution >= 4 is 11.9 Å². The molecule has 22 heavy (non-hydrogen) atoms. The largest absolute Gasteiger partial charge is 1.00 e. The number of aliphatic hydroxyl groups is 1. The number of cyclic esters (lactones) is 1. The van der Waals surface area contributed by atoms with Gasteiger partial charge in [-0.3, -0.25) is 4.79 Å². The molecule has 0 aromatic rings. The van der Waals surface area contributed by atoms with E-state index < -0.39 is 11.9 Å². The van der Waals surface area contributed by atoms with Crippen molar-refractivity contribution in [2.45, 2.75) is 40.5 Å². The third kappa shape index (κ3) is 12.3. The first-order valence-corrected chi connectivity index (χ1v) is 6.79. The van der Waals surface area contributed by atoms with Crippen LogP contribution in [-0.4, -0.2) is 35.7 Å². The zero-order valence-electron chi connectivity index (χ0n) is 14.7. The summed E-state index contributed by atoms with van der Waals surface area (Å²) in [5.41, 5.74) is 0. The molecule has 0 aromatic heterocycles. The number of hydrogen-bond acceptors (Lipinski definition) is 6. The fourth-order valence-electron chi connectivity index (χ4n) is 1.98. The molecule has 2 N–H and O–H groups in total. The molecule has 2 unspecified atom stereocenters. The van der Waals surface area contributed by atoms with Gasteiger partial charge in [-0.05, 0) is 24.7 Å². The predicted molar refractivity (Wildman–Crippen MR) is 70.9 cm³/mol. The fourth-order valence-corrected chi connectivity index (χ4v) is 1.98. The standard InChI is InChI=1S/C7H14O3.C7H12O2.2Na.H2O/c1-5(2)6(3-4-8)7(9)10;1-5(2)6-3-4-9-7(6)8;;;/h5-6,8H,3-4H2,1-2H3,(H,9,10);5-6H,3-4H2,1-2H3;;;1H2/q;;2*+1;/p-2. The van der Waals surface area contributed by atoms with Crippen molar-refractivity contribution in [3.63, 3.8) is 0 Å². The van der Waals surface area contributed by atoms with E-state index >= 15 is 0 Å². The van der Waals surface area contributed by atoms with Crippen LogP contribution in [0.15, 0.2) is 0 Å². The quantitative estimate of drug-likeness (QED) is 0.395. The van der Waals surface area contributed by atoms with Gasteiger partial charge in [0.15, 0.2) is 0 Å². The van der Waals surface area contributed by atoms with E-state index in [9.17, 15) is 14.7 Å². The summed E-state index contributed by atoms with van der Waals surface area (Å²) in [5.74, 6) is -0.929. The Kier molecular flexibility index (Phi) is 23.3. The average molecular weight is 336 g/mol. The Balaban J connectivity index is -0.000000130. The summed E-state index contributed by atoms with van der Waals surface area (Å²) < 4.78 is 4.79. The third-order valence-electron chi connectivity index (χ3n) is 3.33. The molecule has 1 saturated heterocycles. The first-order valence-electron chi connectivity index (χ1n) is 6.79. The van der Waals surface area contributed by atoms with Crippen molar-refractivity contribution in [1.29, 1.82) is 0 Å². The van der Waals surface area contributed by atoms with Crippen LogP contribution in [0.5, 0.6) is 0 Å². The number of esters is 1. The van der Waals surface area contributed by atoms with Gasteiger partial charge < -0.3 is 25.2 Å². The van der Waals surface area contributed by atoms with Crippen LogP contribution in [0.4, 0.5) is 0 Å². The fraction of sp³-hybridized carbons (Fsp3) is 0.857. The molecule has 1 rings (SSSR count). The molecule has 1 heterocycles. The molecular weight excluding hydrogens is 310 g/mol. The minimum atomic E-state index is -1.07. The number of aliphatic hydroxyl groups excluding tert-OH is 1. The van der Waals surface area contributed by atoms with Gasteiger partial charge in [-0.15, -0.1) is 0 Å². The van der Waals surface area contributed by atoms with E-state index in [1.807, 2.05) is 0 Å². The molecule has 0 saturated carbocycles. The molecule has 1 aliphatic heterocycles. The van der Waals surface area contributed by atoms with Gasteiger partial charge in [0, 0.05) is 18.5 Å². The van der Waals surface area contributed by atoms with Gasteiger partial charge in [0.2, 0.25) is 0 Å². The molecule has 120 valence electrons. The van der Waals surface area contributed by atoms with E-state index in [1.165, 1.54) is 0 Å². The van der Waals surface area contributed by atoms with Crippen molar-refractivity contribution in [3.05, 3.63) is 0 Å². The molecule has 0 aliphatic carbocycles. The van der Waals surface area contributed by atoms with Gasteiger partial charge in [-0.1, -0.05) is 27.7 Å². The Morgan fingerprint density at radius 3 is 1.95 bits per heavy atom. The van der Waals surface area contributed by atoms with E-state index in [-0.39, 0.29) is 89.0 Å². The van der Waals surface area contributed by atoms with Crippen LogP contribution in [-0.2, 0) is 14.3 Å². The summed E-state index contributed by atoms with van der Waals surface area (Å²) in [6.07, 6.45) is 1.20. The molecule has 2 atom stereocenters. The summed E-state index contributed by atoms with van der Waals surface area (Å²) in [7, 11) is 0. The van der Waals surface area contributed by atoms with Crippen LogP contribution < -0.4 is 64.2 Å². The second-order valence-electron chi connectivity index (χ2n) is 5.49. The van der Waals surface area contributed by atoms with E-state index in [2.05, 4.69) is 13.8 Å². The third-order valence-corrected chi connectivity index (χ3v) is 3.33. The van der Waals surface area contributed by atoms with E-state index in [0.717, 1.165) is 6.42 Å². The van der Waals surface area contributed by atoms with Crippen LogP contribution in [0.3, 0.4) is 0 Å². The summed E-state index contributed by atoms with van der Waals surface area (Å²) >= 11 is 0. The first-order chi connectivity index (χ1) is 8.81. The molecule has 1 aliphatic rings. The minimum Gasteiger partial charge on any atom is -0.870 e. The Hall–Kier alpha value is 0.860. The van der Waals surface area contributed by atoms with Crippen molar-refractivity contribution in [2.24, 2.45) is 23.7 Å². The zero-order chi connectivity index (χ0) is 15.0. The molecule has 0 bridgehead atoms. The summed E-state index contributed by atoms with van der Waals surface area (Å²) in [6, 6.07) is 0. The molecule has 8 heteroatoms. The van der Waals surface area contributed by atoms with Crippen LogP contribution in [0.2, 0.25) is 0 Å². The number of rotatable bonds is 5. The number of hydrogen-bond donors (Lipinski definition) is 1. The number of carbonyl (C=O) groups excluding carboxylic acids is 2. The second-order valence-corrected chi connectivity index (χ2v) is 5.49. The Morgan fingerprint density at radius 1 is 1.32 bits per heavy atom. The van der Waals surface area contributed by atoms with Crippen molar-refractivity contribution in [1.82, 2.24) is 0 Å².